The molecule has 7 nitrogen and oxygen atoms in total. The quantitative estimate of drug-likeness (QED) is 0.586. The maximum atomic E-state index is 11.8. The van der Waals surface area contributed by atoms with Crippen molar-refractivity contribution in [2.45, 2.75) is 26.7 Å². The van der Waals surface area contributed by atoms with Gasteiger partial charge in [-0.05, 0) is 37.1 Å². The summed E-state index contributed by atoms with van der Waals surface area (Å²) in [5.74, 6) is -0.288. The van der Waals surface area contributed by atoms with Crippen molar-refractivity contribution in [3.63, 3.8) is 0 Å². The number of ether oxygens (including phenoxy) is 1. The molecule has 1 heterocycles. The van der Waals surface area contributed by atoms with E-state index in [1.807, 2.05) is 32.0 Å². The van der Waals surface area contributed by atoms with Gasteiger partial charge in [-0.15, -0.1) is 0 Å². The van der Waals surface area contributed by atoms with E-state index in [1.165, 1.54) is 10.5 Å². The summed E-state index contributed by atoms with van der Waals surface area (Å²) in [6.45, 7) is 5.21. The molecule has 1 saturated heterocycles. The van der Waals surface area contributed by atoms with Crippen molar-refractivity contribution in [2.75, 3.05) is 31.6 Å². The highest BCUT2D eigenvalue weighted by atomic mass is 16.5. The fourth-order valence-electron chi connectivity index (χ4n) is 2.36. The highest BCUT2D eigenvalue weighted by Crippen LogP contribution is 2.13. The number of rotatable bonds is 7. The van der Waals surface area contributed by atoms with Crippen molar-refractivity contribution in [2.24, 2.45) is 0 Å². The van der Waals surface area contributed by atoms with E-state index in [0.717, 1.165) is 11.3 Å². The van der Waals surface area contributed by atoms with Gasteiger partial charge in [-0.25, -0.2) is 4.79 Å². The average Bonchev–Trinajstić information content (AvgIpc) is 2.85. The second-order valence-electron chi connectivity index (χ2n) is 5.73. The Balaban J connectivity index is 1.58. The minimum absolute atomic E-state index is 0.144. The number of anilines is 1. The van der Waals surface area contributed by atoms with E-state index in [2.05, 4.69) is 10.6 Å². The number of hydrogen-bond acceptors (Lipinski definition) is 4. The number of nitrogens with zero attached hydrogens (tertiary/aromatic N) is 1. The first-order valence-corrected chi connectivity index (χ1v) is 8.00. The van der Waals surface area contributed by atoms with Gasteiger partial charge in [0, 0.05) is 25.1 Å². The topological polar surface area (TPSA) is 87.7 Å². The summed E-state index contributed by atoms with van der Waals surface area (Å²) in [7, 11) is 0. The molecule has 0 unspecified atom stereocenters. The van der Waals surface area contributed by atoms with Gasteiger partial charge in [-0.2, -0.15) is 0 Å². The molecule has 0 aromatic heterocycles. The predicted octanol–water partition coefficient (Wildman–Crippen LogP) is 1.59. The molecule has 24 heavy (non-hydrogen) atoms. The van der Waals surface area contributed by atoms with Gasteiger partial charge >= 0.3 is 6.03 Å². The Morgan fingerprint density at radius 1 is 1.12 bits per heavy atom. The molecule has 4 amide bonds. The summed E-state index contributed by atoms with van der Waals surface area (Å²) in [4.78, 5) is 35.8. The number of likely N-dealkylation sites (tertiary alicyclic amines) is 1. The van der Waals surface area contributed by atoms with Gasteiger partial charge in [-0.3, -0.25) is 14.5 Å². The van der Waals surface area contributed by atoms with Crippen LogP contribution in [0.2, 0.25) is 0 Å². The Kier molecular flexibility index (Phi) is 6.31. The Morgan fingerprint density at radius 3 is 2.50 bits per heavy atom. The molecule has 1 aromatic rings. The zero-order chi connectivity index (χ0) is 17.5. The maximum Gasteiger partial charge on any atom is 0.319 e. The smallest absolute Gasteiger partial charge is 0.319 e. The molecule has 1 aromatic carbocycles. The number of imide groups is 1. The molecule has 0 bridgehead atoms. The van der Waals surface area contributed by atoms with Crippen molar-refractivity contribution in [1.82, 2.24) is 10.2 Å². The molecule has 0 radical (unpaired) electrons. The third-order valence-corrected chi connectivity index (χ3v) is 3.91. The summed E-state index contributed by atoms with van der Waals surface area (Å²) >= 11 is 0. The van der Waals surface area contributed by atoms with Gasteiger partial charge in [0.25, 0.3) is 0 Å². The van der Waals surface area contributed by atoms with Crippen molar-refractivity contribution in [3.8, 4) is 0 Å². The van der Waals surface area contributed by atoms with E-state index in [9.17, 15) is 14.4 Å². The van der Waals surface area contributed by atoms with Crippen molar-refractivity contribution in [1.29, 1.82) is 0 Å². The Labute approximate surface area is 141 Å². The summed E-state index contributed by atoms with van der Waals surface area (Å²) < 4.78 is 5.34. The van der Waals surface area contributed by atoms with Crippen LogP contribution in [0.25, 0.3) is 0 Å². The number of amides is 4. The summed E-state index contributed by atoms with van der Waals surface area (Å²) in [5, 5.41) is 5.44. The second kappa shape index (κ2) is 8.44. The van der Waals surface area contributed by atoms with E-state index >= 15 is 0 Å². The molecule has 2 N–H and O–H groups in total. The van der Waals surface area contributed by atoms with Gasteiger partial charge in [0.2, 0.25) is 11.8 Å². The first kappa shape index (κ1) is 17.9. The van der Waals surface area contributed by atoms with Crippen LogP contribution in [0.5, 0.6) is 0 Å². The number of hydrogen-bond donors (Lipinski definition) is 2. The largest absolute Gasteiger partial charge is 0.378 e. The van der Waals surface area contributed by atoms with Crippen LogP contribution < -0.4 is 10.6 Å². The van der Waals surface area contributed by atoms with Crippen LogP contribution in [0.4, 0.5) is 10.5 Å². The lowest BCUT2D eigenvalue weighted by Crippen LogP contribution is -2.34. The first-order valence-electron chi connectivity index (χ1n) is 8.00. The molecular weight excluding hydrogens is 310 g/mol. The van der Waals surface area contributed by atoms with Gasteiger partial charge < -0.3 is 15.4 Å². The molecule has 130 valence electrons. The van der Waals surface area contributed by atoms with Crippen LogP contribution in [-0.2, 0) is 14.3 Å². The van der Waals surface area contributed by atoms with Crippen LogP contribution in [0.3, 0.4) is 0 Å². The van der Waals surface area contributed by atoms with Gasteiger partial charge in [0.1, 0.15) is 0 Å². The Hall–Kier alpha value is -2.41. The second-order valence-corrected chi connectivity index (χ2v) is 5.73. The summed E-state index contributed by atoms with van der Waals surface area (Å²) in [6.07, 6.45) is 0.581. The number of carbonyl (C=O) groups is 3. The molecule has 0 saturated carbocycles. The lowest BCUT2D eigenvalue weighted by atomic mass is 10.1. The lowest BCUT2D eigenvalue weighted by molar-refractivity contribution is -0.139. The fraction of sp³-hybridized carbons (Fsp3) is 0.471. The zero-order valence-electron chi connectivity index (χ0n) is 14.1. The summed E-state index contributed by atoms with van der Waals surface area (Å²) in [6, 6.07) is 5.42. The standard InChI is InChI=1S/C17H23N3O4/c1-12-3-4-14(11-13(12)2)19-17(23)18-7-9-24-10-8-20-15(21)5-6-16(20)22/h3-4,11H,5-10H2,1-2H3,(H2,18,19,23). The SMILES string of the molecule is Cc1ccc(NC(=O)NCCOCCN2C(=O)CCC2=O)cc1C. The number of nitrogens with one attached hydrogen (secondary N) is 2. The normalized spacial score (nSPS) is 14.2. The minimum atomic E-state index is -0.299. The summed E-state index contributed by atoms with van der Waals surface area (Å²) in [5.41, 5.74) is 3.02. The van der Waals surface area contributed by atoms with Gasteiger partial charge in [0.15, 0.2) is 0 Å². The Bertz CT molecular complexity index is 614. The van der Waals surface area contributed by atoms with E-state index in [0.29, 0.717) is 26.0 Å². The lowest BCUT2D eigenvalue weighted by Gasteiger charge is -2.14. The average molecular weight is 333 g/mol. The van der Waals surface area contributed by atoms with E-state index < -0.39 is 0 Å². The van der Waals surface area contributed by atoms with E-state index in [-0.39, 0.29) is 31.0 Å². The van der Waals surface area contributed by atoms with Crippen LogP contribution in [-0.4, -0.2) is 49.0 Å². The van der Waals surface area contributed by atoms with Gasteiger partial charge in [0.05, 0.1) is 19.8 Å². The highest BCUT2D eigenvalue weighted by Gasteiger charge is 2.28. The molecule has 2 rings (SSSR count). The maximum absolute atomic E-state index is 11.8. The van der Waals surface area contributed by atoms with Crippen molar-refractivity contribution in [3.05, 3.63) is 29.3 Å². The van der Waals surface area contributed by atoms with Crippen LogP contribution >= 0.6 is 0 Å². The third-order valence-electron chi connectivity index (χ3n) is 3.91. The number of urea groups is 1. The van der Waals surface area contributed by atoms with Crippen LogP contribution in [0.1, 0.15) is 24.0 Å². The van der Waals surface area contributed by atoms with E-state index in [4.69, 9.17) is 4.74 Å². The van der Waals surface area contributed by atoms with Gasteiger partial charge in [-0.1, -0.05) is 6.07 Å². The monoisotopic (exact) mass is 333 g/mol. The number of carbonyl (C=O) groups excluding carboxylic acids is 3. The number of benzene rings is 1. The fourth-order valence-corrected chi connectivity index (χ4v) is 2.36. The molecule has 7 heteroatoms. The third kappa shape index (κ3) is 5.06. The zero-order valence-corrected chi connectivity index (χ0v) is 14.1. The van der Waals surface area contributed by atoms with Crippen LogP contribution in [0.15, 0.2) is 18.2 Å². The van der Waals surface area contributed by atoms with Crippen molar-refractivity contribution < 1.29 is 19.1 Å². The number of aryl methyl sites for hydroxylation is 2. The molecule has 1 aliphatic heterocycles. The Morgan fingerprint density at radius 2 is 1.83 bits per heavy atom. The first-order chi connectivity index (χ1) is 11.5. The minimum Gasteiger partial charge on any atom is -0.378 e. The molecular formula is C17H23N3O4. The van der Waals surface area contributed by atoms with E-state index in [1.54, 1.807) is 0 Å². The predicted molar refractivity (Wildman–Crippen MR) is 89.7 cm³/mol. The van der Waals surface area contributed by atoms with Crippen LogP contribution in [0, 0.1) is 13.8 Å². The molecule has 0 spiro atoms. The molecule has 1 fully saturated rings. The molecule has 0 atom stereocenters. The molecule has 1 aliphatic rings. The highest BCUT2D eigenvalue weighted by molar-refractivity contribution is 6.01. The van der Waals surface area contributed by atoms with Crippen molar-refractivity contribution >= 4 is 23.5 Å². The molecule has 0 aliphatic carbocycles.